The third-order valence-corrected chi connectivity index (χ3v) is 5.46. The maximum absolute atomic E-state index is 2.53. The summed E-state index contributed by atoms with van der Waals surface area (Å²) in [5.74, 6) is 0. The second kappa shape index (κ2) is 4.15. The molecule has 0 heterocycles. The molecule has 0 atom stereocenters. The second-order valence-corrected chi connectivity index (χ2v) is 6.66. The fraction of sp³-hybridized carbons (Fsp3) is 0.647. The molecule has 2 saturated carbocycles. The Labute approximate surface area is 105 Å². The molecule has 0 aromatic heterocycles. The molecule has 0 heteroatoms. The number of rotatable bonds is 1. The Balaban J connectivity index is 1.96. The standard InChI is InChI=1S/C17H24/c1-16-9-5-11-17(14-13-16,12-6-10-16)15-7-3-2-4-8-15/h2-4,7-8H,5-6,9-14H2,1H3. The van der Waals surface area contributed by atoms with Gasteiger partial charge < -0.3 is 0 Å². The Morgan fingerprint density at radius 1 is 0.765 bits per heavy atom. The van der Waals surface area contributed by atoms with Gasteiger partial charge in [-0.2, -0.15) is 0 Å². The van der Waals surface area contributed by atoms with Crippen LogP contribution in [0, 0.1) is 5.41 Å². The lowest BCUT2D eigenvalue weighted by atomic mass is 9.71. The van der Waals surface area contributed by atoms with Gasteiger partial charge in [0.25, 0.3) is 0 Å². The minimum absolute atomic E-state index is 0.523. The quantitative estimate of drug-likeness (QED) is 0.629. The topological polar surface area (TPSA) is 0 Å². The van der Waals surface area contributed by atoms with E-state index in [9.17, 15) is 0 Å². The molecule has 1 aromatic rings. The molecule has 92 valence electrons. The Morgan fingerprint density at radius 3 is 2.06 bits per heavy atom. The van der Waals surface area contributed by atoms with Crippen LogP contribution in [0.4, 0.5) is 0 Å². The van der Waals surface area contributed by atoms with Crippen molar-refractivity contribution in [1.82, 2.24) is 0 Å². The molecule has 0 aliphatic heterocycles. The third-order valence-electron chi connectivity index (χ3n) is 5.46. The lowest BCUT2D eigenvalue weighted by Crippen LogP contribution is -2.24. The van der Waals surface area contributed by atoms with Crippen molar-refractivity contribution in [2.24, 2.45) is 5.41 Å². The van der Waals surface area contributed by atoms with E-state index in [0.717, 1.165) is 0 Å². The zero-order valence-corrected chi connectivity index (χ0v) is 11.0. The molecule has 2 aliphatic carbocycles. The van der Waals surface area contributed by atoms with E-state index in [1.807, 2.05) is 0 Å². The van der Waals surface area contributed by atoms with Crippen LogP contribution in [0.15, 0.2) is 30.3 Å². The summed E-state index contributed by atoms with van der Waals surface area (Å²) in [6, 6.07) is 11.3. The van der Waals surface area contributed by atoms with Crippen molar-refractivity contribution < 1.29 is 0 Å². The zero-order valence-electron chi connectivity index (χ0n) is 11.0. The van der Waals surface area contributed by atoms with Crippen molar-refractivity contribution in [2.75, 3.05) is 0 Å². The van der Waals surface area contributed by atoms with Crippen LogP contribution >= 0.6 is 0 Å². The largest absolute Gasteiger partial charge is 0.0622 e. The molecule has 0 radical (unpaired) electrons. The van der Waals surface area contributed by atoms with Gasteiger partial charge in [0.05, 0.1) is 0 Å². The normalized spacial score (nSPS) is 37.5. The van der Waals surface area contributed by atoms with Crippen molar-refractivity contribution in [3.05, 3.63) is 35.9 Å². The molecule has 2 bridgehead atoms. The highest BCUT2D eigenvalue weighted by atomic mass is 14.5. The SMILES string of the molecule is CC12CCCC(c3ccccc3)(CCC1)CC2. The maximum atomic E-state index is 2.53. The van der Waals surface area contributed by atoms with Crippen LogP contribution < -0.4 is 0 Å². The average molecular weight is 228 g/mol. The Hall–Kier alpha value is -0.780. The molecule has 0 spiro atoms. The summed E-state index contributed by atoms with van der Waals surface area (Å²) in [7, 11) is 0. The fourth-order valence-corrected chi connectivity index (χ4v) is 4.22. The summed E-state index contributed by atoms with van der Waals surface area (Å²) < 4.78 is 0. The summed E-state index contributed by atoms with van der Waals surface area (Å²) in [4.78, 5) is 0. The summed E-state index contributed by atoms with van der Waals surface area (Å²) >= 11 is 0. The summed E-state index contributed by atoms with van der Waals surface area (Å²) in [6.07, 6.45) is 11.5. The zero-order chi connectivity index (χ0) is 11.8. The monoisotopic (exact) mass is 228 g/mol. The van der Waals surface area contributed by atoms with Gasteiger partial charge in [0.2, 0.25) is 0 Å². The van der Waals surface area contributed by atoms with E-state index in [4.69, 9.17) is 0 Å². The van der Waals surface area contributed by atoms with E-state index < -0.39 is 0 Å². The lowest BCUT2D eigenvalue weighted by molar-refractivity contribution is 0.252. The van der Waals surface area contributed by atoms with Gasteiger partial charge in [0.15, 0.2) is 0 Å². The molecule has 3 rings (SSSR count). The highest BCUT2D eigenvalue weighted by molar-refractivity contribution is 5.26. The minimum atomic E-state index is 0.523. The molecule has 2 fully saturated rings. The van der Waals surface area contributed by atoms with Gasteiger partial charge >= 0.3 is 0 Å². The molecule has 0 nitrogen and oxygen atoms in total. The number of fused-ring (bicyclic) bond motifs is 3. The molecule has 17 heavy (non-hydrogen) atoms. The van der Waals surface area contributed by atoms with Crippen LogP contribution in [0.5, 0.6) is 0 Å². The van der Waals surface area contributed by atoms with E-state index in [-0.39, 0.29) is 0 Å². The molecule has 0 unspecified atom stereocenters. The summed E-state index contributed by atoms with van der Waals surface area (Å²) in [5.41, 5.74) is 2.80. The van der Waals surface area contributed by atoms with Gasteiger partial charge in [-0.1, -0.05) is 50.1 Å². The van der Waals surface area contributed by atoms with Crippen LogP contribution in [0.3, 0.4) is 0 Å². The molecule has 1 aromatic carbocycles. The van der Waals surface area contributed by atoms with E-state index in [1.54, 1.807) is 5.56 Å². The Morgan fingerprint density at radius 2 is 1.41 bits per heavy atom. The Kier molecular flexibility index (Phi) is 2.77. The Bertz CT molecular complexity index is 366. The van der Waals surface area contributed by atoms with Crippen molar-refractivity contribution in [2.45, 2.75) is 63.7 Å². The fourth-order valence-electron chi connectivity index (χ4n) is 4.22. The van der Waals surface area contributed by atoms with E-state index in [0.29, 0.717) is 10.8 Å². The second-order valence-electron chi connectivity index (χ2n) is 6.66. The predicted molar refractivity (Wildman–Crippen MR) is 73.2 cm³/mol. The smallest absolute Gasteiger partial charge is 0.00468 e. The van der Waals surface area contributed by atoms with Gasteiger partial charge in [0, 0.05) is 0 Å². The van der Waals surface area contributed by atoms with E-state index in [1.165, 1.54) is 51.4 Å². The number of benzene rings is 1. The summed E-state index contributed by atoms with van der Waals surface area (Å²) in [5, 5.41) is 0. The lowest BCUT2D eigenvalue weighted by Gasteiger charge is -2.33. The van der Waals surface area contributed by atoms with Crippen LogP contribution in [0.1, 0.15) is 63.9 Å². The number of hydrogen-bond acceptors (Lipinski definition) is 0. The third kappa shape index (κ3) is 2.03. The van der Waals surface area contributed by atoms with Gasteiger partial charge in [0.1, 0.15) is 0 Å². The predicted octanol–water partition coefficient (Wildman–Crippen LogP) is 5.08. The van der Waals surface area contributed by atoms with Gasteiger partial charge in [-0.25, -0.2) is 0 Å². The van der Waals surface area contributed by atoms with E-state index >= 15 is 0 Å². The van der Waals surface area contributed by atoms with Gasteiger partial charge in [-0.15, -0.1) is 0 Å². The minimum Gasteiger partial charge on any atom is -0.0622 e. The van der Waals surface area contributed by atoms with Crippen LogP contribution in [-0.2, 0) is 5.41 Å². The van der Waals surface area contributed by atoms with Gasteiger partial charge in [-0.3, -0.25) is 0 Å². The van der Waals surface area contributed by atoms with Crippen LogP contribution in [0.2, 0.25) is 0 Å². The van der Waals surface area contributed by atoms with Crippen molar-refractivity contribution >= 4 is 0 Å². The van der Waals surface area contributed by atoms with Crippen LogP contribution in [-0.4, -0.2) is 0 Å². The van der Waals surface area contributed by atoms with E-state index in [2.05, 4.69) is 37.3 Å². The highest BCUT2D eigenvalue weighted by Gasteiger charge is 2.41. The molecule has 0 saturated heterocycles. The van der Waals surface area contributed by atoms with Crippen LogP contribution in [0.25, 0.3) is 0 Å². The first-order valence-electron chi connectivity index (χ1n) is 7.28. The van der Waals surface area contributed by atoms with Crippen molar-refractivity contribution in [3.63, 3.8) is 0 Å². The van der Waals surface area contributed by atoms with Crippen molar-refractivity contribution in [3.8, 4) is 0 Å². The maximum Gasteiger partial charge on any atom is -0.00468 e. The summed E-state index contributed by atoms with van der Waals surface area (Å²) in [6.45, 7) is 2.53. The first kappa shape index (κ1) is 11.3. The first-order chi connectivity index (χ1) is 8.23. The first-order valence-corrected chi connectivity index (χ1v) is 7.28. The molecule has 0 N–H and O–H groups in total. The number of hydrogen-bond donors (Lipinski definition) is 0. The van der Waals surface area contributed by atoms with Gasteiger partial charge in [-0.05, 0) is 54.9 Å². The highest BCUT2D eigenvalue weighted by Crippen LogP contribution is 2.52. The molecular formula is C17H24. The molecule has 0 amide bonds. The molecule has 2 aliphatic rings. The van der Waals surface area contributed by atoms with Crippen molar-refractivity contribution in [1.29, 1.82) is 0 Å². The molecular weight excluding hydrogens is 204 g/mol. The average Bonchev–Trinajstić information content (AvgIpc) is 2.60.